The van der Waals surface area contributed by atoms with E-state index in [2.05, 4.69) is 4.98 Å². The molecule has 0 saturated heterocycles. The Kier molecular flexibility index (Phi) is 5.73. The molecule has 1 amide bonds. The Labute approximate surface area is 156 Å². The number of hydrogen-bond donors (Lipinski definition) is 0. The average Bonchev–Trinajstić information content (AvgIpc) is 3.11. The number of oxazole rings is 1. The van der Waals surface area contributed by atoms with Crippen LogP contribution < -0.4 is 0 Å². The van der Waals surface area contributed by atoms with Crippen molar-refractivity contribution in [2.45, 2.75) is 23.9 Å². The Morgan fingerprint density at radius 1 is 1.19 bits per heavy atom. The van der Waals surface area contributed by atoms with E-state index < -0.39 is 0 Å². The minimum atomic E-state index is -0.330. The standard InChI is InChI=1S/C20H19FN2O2S/c1-14(19(24)23(2)13-15-6-4-3-5-7-15)26-20-22-12-18(25-20)16-8-10-17(21)11-9-16/h3-12,14H,13H2,1-2H3/t14-/m0/s1. The molecule has 0 saturated carbocycles. The topological polar surface area (TPSA) is 46.3 Å². The Bertz CT molecular complexity index is 865. The highest BCUT2D eigenvalue weighted by atomic mass is 32.2. The van der Waals surface area contributed by atoms with Crippen LogP contribution in [0.1, 0.15) is 12.5 Å². The Morgan fingerprint density at radius 3 is 2.58 bits per heavy atom. The van der Waals surface area contributed by atoms with Crippen molar-refractivity contribution < 1.29 is 13.6 Å². The number of benzene rings is 2. The molecule has 0 unspecified atom stereocenters. The smallest absolute Gasteiger partial charge is 0.256 e. The summed E-state index contributed by atoms with van der Waals surface area (Å²) < 4.78 is 18.7. The maximum atomic E-state index is 13.0. The van der Waals surface area contributed by atoms with E-state index in [0.29, 0.717) is 17.5 Å². The molecule has 26 heavy (non-hydrogen) atoms. The van der Waals surface area contributed by atoms with Gasteiger partial charge >= 0.3 is 0 Å². The van der Waals surface area contributed by atoms with E-state index in [1.54, 1.807) is 30.3 Å². The van der Waals surface area contributed by atoms with Crippen molar-refractivity contribution in [2.24, 2.45) is 0 Å². The Balaban J connectivity index is 1.61. The molecule has 0 fully saturated rings. The van der Waals surface area contributed by atoms with Crippen LogP contribution in [0, 0.1) is 5.82 Å². The van der Waals surface area contributed by atoms with Crippen molar-refractivity contribution in [3.63, 3.8) is 0 Å². The molecule has 0 aliphatic carbocycles. The minimum absolute atomic E-state index is 0.000357. The first kappa shape index (κ1) is 18.2. The van der Waals surface area contributed by atoms with Crippen molar-refractivity contribution in [2.75, 3.05) is 7.05 Å². The summed E-state index contributed by atoms with van der Waals surface area (Å²) in [5, 5.41) is 0.0849. The van der Waals surface area contributed by atoms with Crippen molar-refractivity contribution in [1.29, 1.82) is 0 Å². The third-order valence-electron chi connectivity index (χ3n) is 3.88. The molecule has 4 nitrogen and oxygen atoms in total. The SMILES string of the molecule is C[C@H](Sc1ncc(-c2ccc(F)cc2)o1)C(=O)N(C)Cc1ccccc1. The second kappa shape index (κ2) is 8.19. The van der Waals surface area contributed by atoms with Crippen LogP contribution >= 0.6 is 11.8 Å². The lowest BCUT2D eigenvalue weighted by Crippen LogP contribution is -2.32. The van der Waals surface area contributed by atoms with E-state index in [-0.39, 0.29) is 17.0 Å². The molecule has 0 spiro atoms. The minimum Gasteiger partial charge on any atom is -0.431 e. The van der Waals surface area contributed by atoms with E-state index >= 15 is 0 Å². The maximum absolute atomic E-state index is 13.0. The molecule has 0 radical (unpaired) electrons. The number of halogens is 1. The summed E-state index contributed by atoms with van der Waals surface area (Å²) in [5.74, 6) is 0.244. The highest BCUT2D eigenvalue weighted by Gasteiger charge is 2.21. The fourth-order valence-corrected chi connectivity index (χ4v) is 3.34. The lowest BCUT2D eigenvalue weighted by Gasteiger charge is -2.20. The predicted molar refractivity (Wildman–Crippen MR) is 100 cm³/mol. The summed E-state index contributed by atoms with van der Waals surface area (Å²) in [6.07, 6.45) is 1.58. The average molecular weight is 370 g/mol. The zero-order chi connectivity index (χ0) is 18.5. The fourth-order valence-electron chi connectivity index (χ4n) is 2.51. The molecule has 0 aliphatic rings. The summed E-state index contributed by atoms with van der Waals surface area (Å²) in [6, 6.07) is 15.8. The number of rotatable bonds is 6. The molecular weight excluding hydrogens is 351 g/mol. The lowest BCUT2D eigenvalue weighted by molar-refractivity contribution is -0.129. The van der Waals surface area contributed by atoms with Gasteiger partial charge in [-0.05, 0) is 36.8 Å². The summed E-state index contributed by atoms with van der Waals surface area (Å²) >= 11 is 1.27. The normalized spacial score (nSPS) is 12.0. The van der Waals surface area contributed by atoms with Crippen LogP contribution in [0.2, 0.25) is 0 Å². The number of amides is 1. The van der Waals surface area contributed by atoms with Gasteiger partial charge < -0.3 is 9.32 Å². The molecule has 2 aromatic carbocycles. The number of carbonyl (C=O) groups excluding carboxylic acids is 1. The van der Waals surface area contributed by atoms with Crippen molar-refractivity contribution in [1.82, 2.24) is 9.88 Å². The van der Waals surface area contributed by atoms with Gasteiger partial charge in [-0.15, -0.1) is 0 Å². The van der Waals surface area contributed by atoms with Crippen LogP contribution in [0.15, 0.2) is 70.4 Å². The van der Waals surface area contributed by atoms with Crippen LogP contribution in [0.5, 0.6) is 0 Å². The zero-order valence-electron chi connectivity index (χ0n) is 14.6. The number of aromatic nitrogens is 1. The molecule has 0 bridgehead atoms. The van der Waals surface area contributed by atoms with Crippen molar-refractivity contribution in [3.8, 4) is 11.3 Å². The maximum Gasteiger partial charge on any atom is 0.256 e. The first-order chi connectivity index (χ1) is 12.5. The molecule has 0 aliphatic heterocycles. The Morgan fingerprint density at radius 2 is 1.88 bits per heavy atom. The highest BCUT2D eigenvalue weighted by Crippen LogP contribution is 2.28. The predicted octanol–water partition coefficient (Wildman–Crippen LogP) is 4.62. The third-order valence-corrected chi connectivity index (χ3v) is 4.82. The van der Waals surface area contributed by atoms with Gasteiger partial charge in [0.1, 0.15) is 5.82 Å². The largest absolute Gasteiger partial charge is 0.431 e. The molecule has 0 N–H and O–H groups in total. The first-order valence-electron chi connectivity index (χ1n) is 8.20. The van der Waals surface area contributed by atoms with Gasteiger partial charge in [0, 0.05) is 19.2 Å². The number of carbonyl (C=O) groups is 1. The number of nitrogens with zero attached hydrogens (tertiary/aromatic N) is 2. The Hall–Kier alpha value is -2.60. The van der Waals surface area contributed by atoms with E-state index in [9.17, 15) is 9.18 Å². The third kappa shape index (κ3) is 4.52. The monoisotopic (exact) mass is 370 g/mol. The fraction of sp³-hybridized carbons (Fsp3) is 0.200. The number of hydrogen-bond acceptors (Lipinski definition) is 4. The molecule has 3 rings (SSSR count). The second-order valence-corrected chi connectivity index (χ2v) is 7.23. The van der Waals surface area contributed by atoms with Crippen molar-refractivity contribution in [3.05, 3.63) is 72.2 Å². The molecule has 1 heterocycles. The summed E-state index contributed by atoms with van der Waals surface area (Å²) in [5.41, 5.74) is 1.82. The lowest BCUT2D eigenvalue weighted by atomic mass is 10.2. The van der Waals surface area contributed by atoms with Gasteiger partial charge in [-0.1, -0.05) is 42.1 Å². The van der Waals surface area contributed by atoms with Crippen LogP contribution in [0.3, 0.4) is 0 Å². The summed E-state index contributed by atoms with van der Waals surface area (Å²) in [7, 11) is 1.78. The zero-order valence-corrected chi connectivity index (χ0v) is 15.4. The molecule has 3 aromatic rings. The van der Waals surface area contributed by atoms with E-state index in [1.807, 2.05) is 37.3 Å². The molecule has 1 aromatic heterocycles. The molecule has 1 atom stereocenters. The summed E-state index contributed by atoms with van der Waals surface area (Å²) in [6.45, 7) is 2.38. The first-order valence-corrected chi connectivity index (χ1v) is 9.08. The van der Waals surface area contributed by atoms with Gasteiger partial charge in [0.15, 0.2) is 5.76 Å². The molecule has 134 valence electrons. The van der Waals surface area contributed by atoms with Crippen LogP contribution in [0.4, 0.5) is 4.39 Å². The van der Waals surface area contributed by atoms with Gasteiger partial charge in [-0.2, -0.15) is 0 Å². The molecule has 6 heteroatoms. The van der Waals surface area contributed by atoms with Crippen LogP contribution in [0.25, 0.3) is 11.3 Å². The van der Waals surface area contributed by atoms with Crippen LogP contribution in [-0.4, -0.2) is 28.1 Å². The van der Waals surface area contributed by atoms with Gasteiger partial charge in [0.05, 0.1) is 11.4 Å². The summed E-state index contributed by atoms with van der Waals surface area (Å²) in [4.78, 5) is 18.5. The highest BCUT2D eigenvalue weighted by molar-refractivity contribution is 8.00. The van der Waals surface area contributed by atoms with Gasteiger partial charge in [0.2, 0.25) is 5.91 Å². The van der Waals surface area contributed by atoms with Crippen LogP contribution in [-0.2, 0) is 11.3 Å². The van der Waals surface area contributed by atoms with E-state index in [0.717, 1.165) is 11.1 Å². The quantitative estimate of drug-likeness (QED) is 0.594. The second-order valence-electron chi connectivity index (χ2n) is 5.94. The van der Waals surface area contributed by atoms with Gasteiger partial charge in [0.25, 0.3) is 5.22 Å². The van der Waals surface area contributed by atoms with E-state index in [4.69, 9.17) is 4.42 Å². The van der Waals surface area contributed by atoms with Gasteiger partial charge in [-0.25, -0.2) is 9.37 Å². The molecular formula is C20H19FN2O2S. The van der Waals surface area contributed by atoms with Crippen molar-refractivity contribution >= 4 is 17.7 Å². The van der Waals surface area contributed by atoms with E-state index in [1.165, 1.54) is 23.9 Å². The number of thioether (sulfide) groups is 1. The van der Waals surface area contributed by atoms with Gasteiger partial charge in [-0.3, -0.25) is 4.79 Å².